The molecular formula is C13H20N2O3S. The minimum absolute atomic E-state index is 0.133. The molecule has 0 saturated carbocycles. The van der Waals surface area contributed by atoms with Crippen molar-refractivity contribution in [1.82, 2.24) is 0 Å². The predicted octanol–water partition coefficient (Wildman–Crippen LogP) is 0.869. The van der Waals surface area contributed by atoms with Crippen molar-refractivity contribution in [1.29, 1.82) is 0 Å². The fourth-order valence-corrected chi connectivity index (χ4v) is 2.40. The smallest absolute Gasteiger partial charge is 0.225 e. The monoisotopic (exact) mass is 284 g/mol. The van der Waals surface area contributed by atoms with Crippen LogP contribution in [-0.2, 0) is 26.9 Å². The van der Waals surface area contributed by atoms with E-state index >= 15 is 0 Å². The summed E-state index contributed by atoms with van der Waals surface area (Å²) in [5.74, 6) is 0.691. The number of hydrogen-bond donors (Lipinski definition) is 2. The van der Waals surface area contributed by atoms with Gasteiger partial charge in [-0.25, -0.2) is 0 Å². The second kappa shape index (κ2) is 8.79. The highest BCUT2D eigenvalue weighted by Crippen LogP contribution is 2.09. The van der Waals surface area contributed by atoms with Crippen LogP contribution in [-0.4, -0.2) is 35.3 Å². The first kappa shape index (κ1) is 15.8. The van der Waals surface area contributed by atoms with Crippen molar-refractivity contribution in [2.24, 2.45) is 5.73 Å². The Balaban J connectivity index is 2.32. The zero-order chi connectivity index (χ0) is 14.1. The van der Waals surface area contributed by atoms with Crippen LogP contribution in [0.2, 0.25) is 0 Å². The number of ether oxygens (including phenoxy) is 1. The van der Waals surface area contributed by atoms with E-state index in [1.165, 1.54) is 0 Å². The number of nitrogens with two attached hydrogens (primary N) is 1. The topological polar surface area (TPSA) is 81.4 Å². The number of carbonyl (C=O) groups excluding carboxylic acids is 1. The molecule has 0 aliphatic rings. The maximum Gasteiger partial charge on any atom is 0.225 e. The molecule has 1 unspecified atom stereocenters. The predicted molar refractivity (Wildman–Crippen MR) is 77.3 cm³/mol. The standard InChI is InChI=1S/C13H20N2O3S/c1-18-7-9-19(17)8-6-13(16)15-12-4-2-11(10-14)3-5-12/h2-5H,6-10,14H2,1H3,(H,15,16). The van der Waals surface area contributed by atoms with Crippen molar-refractivity contribution in [3.8, 4) is 0 Å². The molecule has 0 radical (unpaired) electrons. The van der Waals surface area contributed by atoms with Gasteiger partial charge in [-0.3, -0.25) is 9.00 Å². The van der Waals surface area contributed by atoms with Crippen LogP contribution >= 0.6 is 0 Å². The van der Waals surface area contributed by atoms with Crippen molar-refractivity contribution in [2.75, 3.05) is 30.5 Å². The average molecular weight is 284 g/mol. The lowest BCUT2D eigenvalue weighted by atomic mass is 10.2. The fraction of sp³-hybridized carbons (Fsp3) is 0.462. The molecule has 0 bridgehead atoms. The van der Waals surface area contributed by atoms with Crippen LogP contribution in [0.5, 0.6) is 0 Å². The van der Waals surface area contributed by atoms with Gasteiger partial charge in [0.1, 0.15) is 0 Å². The number of anilines is 1. The van der Waals surface area contributed by atoms with Crippen LogP contribution < -0.4 is 11.1 Å². The molecule has 3 N–H and O–H groups in total. The van der Waals surface area contributed by atoms with Crippen LogP contribution in [0, 0.1) is 0 Å². The van der Waals surface area contributed by atoms with Crippen molar-refractivity contribution in [3.63, 3.8) is 0 Å². The molecule has 1 atom stereocenters. The summed E-state index contributed by atoms with van der Waals surface area (Å²) in [6.45, 7) is 0.932. The number of benzene rings is 1. The summed E-state index contributed by atoms with van der Waals surface area (Å²) in [5.41, 5.74) is 7.23. The second-order valence-electron chi connectivity index (χ2n) is 4.04. The number of amides is 1. The minimum Gasteiger partial charge on any atom is -0.384 e. The highest BCUT2D eigenvalue weighted by Gasteiger charge is 2.06. The quantitative estimate of drug-likeness (QED) is 0.742. The van der Waals surface area contributed by atoms with Crippen LogP contribution in [0.15, 0.2) is 24.3 Å². The number of nitrogens with one attached hydrogen (secondary N) is 1. The Morgan fingerprint density at radius 1 is 1.32 bits per heavy atom. The van der Waals surface area contributed by atoms with Gasteiger partial charge >= 0.3 is 0 Å². The summed E-state index contributed by atoms with van der Waals surface area (Å²) >= 11 is 0. The van der Waals surface area contributed by atoms with Crippen LogP contribution in [0.1, 0.15) is 12.0 Å². The summed E-state index contributed by atoms with van der Waals surface area (Å²) in [5, 5.41) is 2.76. The van der Waals surface area contributed by atoms with Gasteiger partial charge in [0.25, 0.3) is 0 Å². The Bertz CT molecular complexity index is 420. The molecule has 1 rings (SSSR count). The molecule has 1 aromatic carbocycles. The van der Waals surface area contributed by atoms with Crippen LogP contribution in [0.4, 0.5) is 5.69 Å². The second-order valence-corrected chi connectivity index (χ2v) is 5.74. The summed E-state index contributed by atoms with van der Waals surface area (Å²) < 4.78 is 16.3. The van der Waals surface area contributed by atoms with Gasteiger partial charge in [0.2, 0.25) is 5.91 Å². The molecule has 1 amide bonds. The highest BCUT2D eigenvalue weighted by molar-refractivity contribution is 7.85. The van der Waals surface area contributed by atoms with E-state index in [0.717, 1.165) is 11.3 Å². The molecule has 0 heterocycles. The molecule has 0 saturated heterocycles. The largest absolute Gasteiger partial charge is 0.384 e. The van der Waals surface area contributed by atoms with Gasteiger partial charge in [-0.1, -0.05) is 12.1 Å². The molecule has 0 aliphatic heterocycles. The lowest BCUT2D eigenvalue weighted by molar-refractivity contribution is -0.115. The Labute approximate surface area is 116 Å². The third-order valence-corrected chi connectivity index (χ3v) is 3.83. The van der Waals surface area contributed by atoms with E-state index in [0.29, 0.717) is 24.7 Å². The summed E-state index contributed by atoms with van der Waals surface area (Å²) in [7, 11) is 0.558. The summed E-state index contributed by atoms with van der Waals surface area (Å²) in [4.78, 5) is 11.6. The van der Waals surface area contributed by atoms with E-state index in [2.05, 4.69) is 5.32 Å². The number of carbonyl (C=O) groups is 1. The molecule has 19 heavy (non-hydrogen) atoms. The molecule has 0 fully saturated rings. The zero-order valence-corrected chi connectivity index (χ0v) is 11.9. The Hall–Kier alpha value is -1.24. The Morgan fingerprint density at radius 2 is 2.00 bits per heavy atom. The summed E-state index contributed by atoms with van der Waals surface area (Å²) in [6.07, 6.45) is 0.245. The van der Waals surface area contributed by atoms with Gasteiger partial charge < -0.3 is 15.8 Å². The van der Waals surface area contributed by atoms with E-state index in [9.17, 15) is 9.00 Å². The van der Waals surface area contributed by atoms with Crippen molar-refractivity contribution >= 4 is 22.4 Å². The Kier molecular flexibility index (Phi) is 7.32. The van der Waals surface area contributed by atoms with E-state index in [-0.39, 0.29) is 12.3 Å². The van der Waals surface area contributed by atoms with Crippen molar-refractivity contribution < 1.29 is 13.7 Å². The van der Waals surface area contributed by atoms with Gasteiger partial charge in [-0.2, -0.15) is 0 Å². The molecule has 0 aromatic heterocycles. The van der Waals surface area contributed by atoms with Gasteiger partial charge in [0.05, 0.1) is 6.61 Å². The van der Waals surface area contributed by atoms with Crippen molar-refractivity contribution in [2.45, 2.75) is 13.0 Å². The Morgan fingerprint density at radius 3 is 2.58 bits per heavy atom. The normalized spacial score (nSPS) is 12.1. The van der Waals surface area contributed by atoms with Gasteiger partial charge in [-0.15, -0.1) is 0 Å². The molecular weight excluding hydrogens is 264 g/mol. The minimum atomic E-state index is -1.01. The zero-order valence-electron chi connectivity index (χ0n) is 11.1. The molecule has 0 aliphatic carbocycles. The van der Waals surface area contributed by atoms with Gasteiger partial charge in [0, 0.05) is 48.1 Å². The maximum absolute atomic E-state index is 11.6. The summed E-state index contributed by atoms with van der Waals surface area (Å²) in [6, 6.07) is 7.35. The van der Waals surface area contributed by atoms with E-state index in [4.69, 9.17) is 10.5 Å². The van der Waals surface area contributed by atoms with Crippen molar-refractivity contribution in [3.05, 3.63) is 29.8 Å². The maximum atomic E-state index is 11.6. The third-order valence-electron chi connectivity index (χ3n) is 2.55. The SMILES string of the molecule is COCCS(=O)CCC(=O)Nc1ccc(CN)cc1. The first-order chi connectivity index (χ1) is 9.15. The first-order valence-corrected chi connectivity index (χ1v) is 7.57. The van der Waals surface area contributed by atoms with E-state index < -0.39 is 10.8 Å². The van der Waals surface area contributed by atoms with Crippen LogP contribution in [0.25, 0.3) is 0 Å². The van der Waals surface area contributed by atoms with Gasteiger partial charge in [0.15, 0.2) is 0 Å². The number of methoxy groups -OCH3 is 1. The third kappa shape index (κ3) is 6.47. The molecule has 1 aromatic rings. The molecule has 5 nitrogen and oxygen atoms in total. The number of hydrogen-bond acceptors (Lipinski definition) is 4. The number of rotatable bonds is 8. The van der Waals surface area contributed by atoms with Gasteiger partial charge in [-0.05, 0) is 17.7 Å². The molecule has 0 spiro atoms. The lowest BCUT2D eigenvalue weighted by Gasteiger charge is -2.06. The molecule has 106 valence electrons. The molecule has 6 heteroatoms. The van der Waals surface area contributed by atoms with E-state index in [1.807, 2.05) is 24.3 Å². The van der Waals surface area contributed by atoms with E-state index in [1.54, 1.807) is 7.11 Å². The first-order valence-electron chi connectivity index (χ1n) is 6.08. The lowest BCUT2D eigenvalue weighted by Crippen LogP contribution is -2.16. The highest BCUT2D eigenvalue weighted by atomic mass is 32.2. The average Bonchev–Trinajstić information content (AvgIpc) is 2.43. The van der Waals surface area contributed by atoms with Crippen LogP contribution in [0.3, 0.4) is 0 Å². The fourth-order valence-electron chi connectivity index (χ4n) is 1.43.